The van der Waals surface area contributed by atoms with Crippen molar-refractivity contribution in [2.24, 2.45) is 5.92 Å². The summed E-state index contributed by atoms with van der Waals surface area (Å²) in [6.45, 7) is 2.30. The predicted octanol–water partition coefficient (Wildman–Crippen LogP) is 6.83. The summed E-state index contributed by atoms with van der Waals surface area (Å²) < 4.78 is 2.83. The van der Waals surface area contributed by atoms with Crippen molar-refractivity contribution >= 4 is 50.5 Å². The van der Waals surface area contributed by atoms with Gasteiger partial charge in [-0.05, 0) is 61.1 Å². The van der Waals surface area contributed by atoms with Crippen LogP contribution in [0, 0.1) is 12.8 Å². The number of amides is 1. The third-order valence-electron chi connectivity index (χ3n) is 6.69. The highest BCUT2D eigenvalue weighted by Gasteiger charge is 2.23. The van der Waals surface area contributed by atoms with Crippen molar-refractivity contribution in [3.05, 3.63) is 63.3 Å². The topological polar surface area (TPSA) is 62.5 Å². The van der Waals surface area contributed by atoms with E-state index >= 15 is 0 Å². The number of fused-ring (bicyclic) bond motifs is 1. The number of hydrogen-bond donors (Lipinski definition) is 1. The van der Waals surface area contributed by atoms with Crippen LogP contribution in [0.2, 0.25) is 0 Å². The minimum Gasteiger partial charge on any atom is -0.477 e. The van der Waals surface area contributed by atoms with E-state index in [2.05, 4.69) is 28.1 Å². The SMILES string of the molecule is Cc1c(C(=O)O)n(Cc2ccc(C(=O)N(C)C)cc2)c2cc(SCC3CCCCC3)cc(Br)c12. The molecule has 1 aromatic heterocycles. The van der Waals surface area contributed by atoms with Crippen LogP contribution in [-0.2, 0) is 6.54 Å². The van der Waals surface area contributed by atoms with Gasteiger partial charge in [-0.3, -0.25) is 4.79 Å². The molecule has 3 aromatic rings. The van der Waals surface area contributed by atoms with Crippen LogP contribution in [0.25, 0.3) is 10.9 Å². The number of rotatable bonds is 7. The van der Waals surface area contributed by atoms with Crippen molar-refractivity contribution in [3.8, 4) is 0 Å². The van der Waals surface area contributed by atoms with Crippen molar-refractivity contribution in [1.82, 2.24) is 9.47 Å². The fourth-order valence-electron chi connectivity index (χ4n) is 4.88. The first-order chi connectivity index (χ1) is 16.3. The van der Waals surface area contributed by atoms with Crippen LogP contribution in [-0.4, -0.2) is 46.3 Å². The average Bonchev–Trinajstić information content (AvgIpc) is 3.10. The Bertz CT molecular complexity index is 1210. The van der Waals surface area contributed by atoms with Crippen molar-refractivity contribution < 1.29 is 14.7 Å². The molecule has 0 saturated heterocycles. The van der Waals surface area contributed by atoms with E-state index in [0.717, 1.165) is 43.1 Å². The second-order valence-corrected chi connectivity index (χ2v) is 11.3. The van der Waals surface area contributed by atoms with Crippen molar-refractivity contribution in [2.75, 3.05) is 19.8 Å². The van der Waals surface area contributed by atoms with Gasteiger partial charge >= 0.3 is 5.97 Å². The molecule has 2 aromatic carbocycles. The molecule has 1 saturated carbocycles. The van der Waals surface area contributed by atoms with Crippen LogP contribution >= 0.6 is 27.7 Å². The van der Waals surface area contributed by atoms with Gasteiger partial charge in [0.25, 0.3) is 5.91 Å². The molecule has 0 radical (unpaired) electrons. The van der Waals surface area contributed by atoms with Crippen LogP contribution < -0.4 is 0 Å². The first-order valence-corrected chi connectivity index (χ1v) is 13.5. The Hall–Kier alpha value is -2.25. The molecular weight excluding hydrogens is 512 g/mol. The summed E-state index contributed by atoms with van der Waals surface area (Å²) in [5.41, 5.74) is 3.55. The number of thioether (sulfide) groups is 1. The zero-order valence-corrected chi connectivity index (χ0v) is 22.3. The number of benzene rings is 2. The average molecular weight is 544 g/mol. The number of nitrogens with zero attached hydrogens (tertiary/aromatic N) is 2. The molecule has 1 N–H and O–H groups in total. The highest BCUT2D eigenvalue weighted by molar-refractivity contribution is 9.10. The standard InChI is InChI=1S/C27H31BrN2O3S/c1-17-24-22(28)13-21(34-16-19-7-5-4-6-8-19)14-23(24)30(25(17)27(32)33)15-18-9-11-20(12-10-18)26(31)29(2)3/h9-14,19H,4-8,15-16H2,1-3H3,(H,32,33). The Morgan fingerprint density at radius 1 is 1.12 bits per heavy atom. The number of aromatic nitrogens is 1. The Morgan fingerprint density at radius 3 is 2.41 bits per heavy atom. The van der Waals surface area contributed by atoms with E-state index in [9.17, 15) is 14.7 Å². The second kappa shape index (κ2) is 10.6. The maximum Gasteiger partial charge on any atom is 0.352 e. The molecule has 1 aliphatic carbocycles. The summed E-state index contributed by atoms with van der Waals surface area (Å²) in [5.74, 6) is 0.879. The highest BCUT2D eigenvalue weighted by Crippen LogP contribution is 2.38. The van der Waals surface area contributed by atoms with Crippen LogP contribution in [0.15, 0.2) is 45.8 Å². The molecule has 1 aliphatic rings. The summed E-state index contributed by atoms with van der Waals surface area (Å²) in [5, 5.41) is 11.0. The number of carboxylic acids is 1. The number of hydrogen-bond acceptors (Lipinski definition) is 3. The Balaban J connectivity index is 1.69. The molecule has 4 rings (SSSR count). The molecule has 1 heterocycles. The van der Waals surface area contributed by atoms with Crippen LogP contribution in [0.5, 0.6) is 0 Å². The summed E-state index contributed by atoms with van der Waals surface area (Å²) in [6.07, 6.45) is 6.63. The molecule has 0 aliphatic heterocycles. The van der Waals surface area contributed by atoms with Gasteiger partial charge in [-0.25, -0.2) is 4.79 Å². The molecule has 1 fully saturated rings. The van der Waals surface area contributed by atoms with Crippen molar-refractivity contribution in [2.45, 2.75) is 50.5 Å². The molecule has 0 spiro atoms. The quantitative estimate of drug-likeness (QED) is 0.332. The Labute approximate surface area is 213 Å². The lowest BCUT2D eigenvalue weighted by molar-refractivity contribution is 0.0685. The second-order valence-electron chi connectivity index (χ2n) is 9.38. The molecule has 0 unspecified atom stereocenters. The molecule has 0 atom stereocenters. The normalized spacial score (nSPS) is 14.5. The maximum atomic E-state index is 12.3. The van der Waals surface area contributed by atoms with E-state index in [1.54, 1.807) is 31.1 Å². The molecule has 7 heteroatoms. The van der Waals surface area contributed by atoms with Crippen molar-refractivity contribution in [3.63, 3.8) is 0 Å². The summed E-state index contributed by atoms with van der Waals surface area (Å²) in [4.78, 5) is 27.2. The van der Waals surface area contributed by atoms with Gasteiger partial charge in [-0.2, -0.15) is 0 Å². The lowest BCUT2D eigenvalue weighted by Gasteiger charge is -2.21. The van der Waals surface area contributed by atoms with Gasteiger partial charge in [0.2, 0.25) is 0 Å². The Kier molecular flexibility index (Phi) is 7.73. The lowest BCUT2D eigenvalue weighted by Crippen LogP contribution is -2.21. The number of carboxylic acid groups (broad SMARTS) is 1. The number of halogens is 1. The fraction of sp³-hybridized carbons (Fsp3) is 0.407. The van der Waals surface area contributed by atoms with Crippen molar-refractivity contribution in [1.29, 1.82) is 0 Å². The predicted molar refractivity (Wildman–Crippen MR) is 142 cm³/mol. The van der Waals surface area contributed by atoms with Crippen LogP contribution in [0.3, 0.4) is 0 Å². The molecule has 1 amide bonds. The third kappa shape index (κ3) is 5.20. The van der Waals surface area contributed by atoms with Crippen LogP contribution in [0.4, 0.5) is 0 Å². The zero-order chi connectivity index (χ0) is 24.4. The smallest absolute Gasteiger partial charge is 0.352 e. The number of aromatic carboxylic acids is 1. The molecule has 5 nitrogen and oxygen atoms in total. The monoisotopic (exact) mass is 542 g/mol. The van der Waals surface area contributed by atoms with Gasteiger partial charge in [0.15, 0.2) is 0 Å². The minimum absolute atomic E-state index is 0.0522. The number of carbonyl (C=O) groups excluding carboxylic acids is 1. The summed E-state index contributed by atoms with van der Waals surface area (Å²) in [7, 11) is 3.46. The zero-order valence-electron chi connectivity index (χ0n) is 19.9. The van der Waals surface area contributed by atoms with Gasteiger partial charge in [0, 0.05) is 46.7 Å². The van der Waals surface area contributed by atoms with E-state index in [1.807, 2.05) is 35.4 Å². The maximum absolute atomic E-state index is 12.3. The van der Waals surface area contributed by atoms with E-state index in [1.165, 1.54) is 32.1 Å². The van der Waals surface area contributed by atoms with Crippen LogP contribution in [0.1, 0.15) is 64.1 Å². The number of carbonyl (C=O) groups is 2. The molecule has 34 heavy (non-hydrogen) atoms. The first-order valence-electron chi connectivity index (χ1n) is 11.7. The largest absolute Gasteiger partial charge is 0.477 e. The lowest BCUT2D eigenvalue weighted by atomic mass is 9.91. The number of aryl methyl sites for hydroxylation is 1. The van der Waals surface area contributed by atoms with E-state index in [4.69, 9.17) is 0 Å². The third-order valence-corrected chi connectivity index (χ3v) is 8.53. The highest BCUT2D eigenvalue weighted by atomic mass is 79.9. The van der Waals surface area contributed by atoms with Gasteiger partial charge < -0.3 is 14.6 Å². The molecule has 180 valence electrons. The van der Waals surface area contributed by atoms with Gasteiger partial charge in [0.05, 0.1) is 5.52 Å². The molecular formula is C27H31BrN2O3S. The van der Waals surface area contributed by atoms with Gasteiger partial charge in [0.1, 0.15) is 5.69 Å². The first kappa shape index (κ1) is 24.9. The van der Waals surface area contributed by atoms with E-state index < -0.39 is 5.97 Å². The van der Waals surface area contributed by atoms with E-state index in [0.29, 0.717) is 17.8 Å². The minimum atomic E-state index is -0.934. The molecule has 0 bridgehead atoms. The van der Waals surface area contributed by atoms with Gasteiger partial charge in [-0.15, -0.1) is 11.8 Å². The van der Waals surface area contributed by atoms with E-state index in [-0.39, 0.29) is 5.91 Å². The Morgan fingerprint density at radius 2 is 1.79 bits per heavy atom. The fourth-order valence-corrected chi connectivity index (χ4v) is 6.93. The van der Waals surface area contributed by atoms with Gasteiger partial charge in [-0.1, -0.05) is 47.3 Å². The summed E-state index contributed by atoms with van der Waals surface area (Å²) >= 11 is 5.59. The summed E-state index contributed by atoms with van der Waals surface area (Å²) in [6, 6.07) is 11.7.